The Labute approximate surface area is 121 Å². The van der Waals surface area contributed by atoms with Gasteiger partial charge < -0.3 is 10.6 Å². The molecule has 2 N–H and O–H groups in total. The Balaban J connectivity index is 2.70. The van der Waals surface area contributed by atoms with Gasteiger partial charge >= 0.3 is 0 Å². The lowest BCUT2D eigenvalue weighted by atomic mass is 9.93. The van der Waals surface area contributed by atoms with Gasteiger partial charge in [-0.15, -0.1) is 0 Å². The minimum atomic E-state index is -0.426. The molecule has 4 nitrogen and oxygen atoms in total. The number of Topliss-reactive ketones (excluding diaryl/α,β-unsaturated/α-hetero) is 1. The van der Waals surface area contributed by atoms with E-state index in [2.05, 4.69) is 5.16 Å². The number of hydrogen-bond donors (Lipinski definition) is 1. The van der Waals surface area contributed by atoms with E-state index < -0.39 is 6.04 Å². The van der Waals surface area contributed by atoms with Crippen LogP contribution in [-0.2, 0) is 16.1 Å². The van der Waals surface area contributed by atoms with E-state index in [1.807, 2.05) is 45.0 Å². The van der Waals surface area contributed by atoms with Gasteiger partial charge in [-0.3, -0.25) is 4.79 Å². The van der Waals surface area contributed by atoms with Crippen LogP contribution in [0.4, 0.5) is 0 Å². The number of carbonyl (C=O) groups is 1. The molecule has 20 heavy (non-hydrogen) atoms. The second-order valence-corrected chi connectivity index (χ2v) is 5.08. The zero-order valence-corrected chi connectivity index (χ0v) is 12.7. The highest BCUT2D eigenvalue weighted by atomic mass is 16.6. The Kier molecular flexibility index (Phi) is 6.39. The Morgan fingerprint density at radius 1 is 1.35 bits per heavy atom. The first kappa shape index (κ1) is 16.4. The molecule has 0 bridgehead atoms. The van der Waals surface area contributed by atoms with E-state index >= 15 is 0 Å². The predicted molar refractivity (Wildman–Crippen MR) is 81.8 cm³/mol. The quantitative estimate of drug-likeness (QED) is 0.615. The van der Waals surface area contributed by atoms with Crippen LogP contribution >= 0.6 is 0 Å². The molecule has 0 saturated carbocycles. The smallest absolute Gasteiger partial charge is 0.152 e. The van der Waals surface area contributed by atoms with Crippen molar-refractivity contribution in [1.82, 2.24) is 0 Å². The first-order valence-electron chi connectivity index (χ1n) is 6.96. The summed E-state index contributed by atoms with van der Waals surface area (Å²) in [5.74, 6) is 0.161. The lowest BCUT2D eigenvalue weighted by Crippen LogP contribution is -2.36. The molecule has 0 heterocycles. The third-order valence-corrected chi connectivity index (χ3v) is 3.52. The molecule has 2 atom stereocenters. The summed E-state index contributed by atoms with van der Waals surface area (Å²) in [4.78, 5) is 16.7. The van der Waals surface area contributed by atoms with Gasteiger partial charge in [-0.1, -0.05) is 43.3 Å². The van der Waals surface area contributed by atoms with Crippen LogP contribution in [0.1, 0.15) is 38.3 Å². The first-order valence-corrected chi connectivity index (χ1v) is 6.96. The van der Waals surface area contributed by atoms with Crippen LogP contribution in [0.25, 0.3) is 0 Å². The molecule has 1 rings (SSSR count). The monoisotopic (exact) mass is 276 g/mol. The standard InChI is InChI=1S/C16H24N2O2/c1-5-11(2)16(19)15(17)10-13-6-8-14(9-7-13)12(3)18-20-4/h6-9,11,15H,5,10,17H2,1-4H3/b18-12-. The zero-order valence-electron chi connectivity index (χ0n) is 12.7. The average molecular weight is 276 g/mol. The second-order valence-electron chi connectivity index (χ2n) is 5.08. The number of ketones is 1. The number of carbonyl (C=O) groups excluding carboxylic acids is 1. The van der Waals surface area contributed by atoms with Gasteiger partial charge in [0.05, 0.1) is 11.8 Å². The van der Waals surface area contributed by atoms with Crippen LogP contribution in [-0.4, -0.2) is 24.6 Å². The van der Waals surface area contributed by atoms with Crippen molar-refractivity contribution in [2.45, 2.75) is 39.7 Å². The van der Waals surface area contributed by atoms with Crippen LogP contribution in [0.5, 0.6) is 0 Å². The van der Waals surface area contributed by atoms with Crippen LogP contribution in [0.2, 0.25) is 0 Å². The number of nitrogens with two attached hydrogens (primary N) is 1. The Bertz CT molecular complexity index is 466. The summed E-state index contributed by atoms with van der Waals surface area (Å²) in [7, 11) is 1.53. The van der Waals surface area contributed by atoms with E-state index in [4.69, 9.17) is 10.6 Å². The highest BCUT2D eigenvalue weighted by Gasteiger charge is 2.19. The molecule has 4 heteroatoms. The van der Waals surface area contributed by atoms with E-state index in [-0.39, 0.29) is 11.7 Å². The second kappa shape index (κ2) is 7.80. The Hall–Kier alpha value is -1.68. The maximum atomic E-state index is 12.0. The number of rotatable bonds is 7. The van der Waals surface area contributed by atoms with Gasteiger partial charge in [0.15, 0.2) is 5.78 Å². The number of hydrogen-bond acceptors (Lipinski definition) is 4. The maximum absolute atomic E-state index is 12.0. The van der Waals surface area contributed by atoms with Crippen molar-refractivity contribution in [3.63, 3.8) is 0 Å². The molecule has 0 aromatic heterocycles. The summed E-state index contributed by atoms with van der Waals surface area (Å²) in [6.45, 7) is 5.81. The molecule has 0 radical (unpaired) electrons. The summed E-state index contributed by atoms with van der Waals surface area (Å²) in [6.07, 6.45) is 1.40. The number of nitrogens with zero attached hydrogens (tertiary/aromatic N) is 1. The van der Waals surface area contributed by atoms with E-state index in [9.17, 15) is 4.79 Å². The fourth-order valence-corrected chi connectivity index (χ4v) is 1.99. The molecule has 0 aliphatic carbocycles. The topological polar surface area (TPSA) is 64.7 Å². The first-order chi connectivity index (χ1) is 9.49. The molecule has 0 aliphatic heterocycles. The molecule has 0 spiro atoms. The molecule has 2 unspecified atom stereocenters. The molecular weight excluding hydrogens is 252 g/mol. The lowest BCUT2D eigenvalue weighted by molar-refractivity contribution is -0.123. The fraction of sp³-hybridized carbons (Fsp3) is 0.500. The molecule has 1 aromatic carbocycles. The normalized spacial score (nSPS) is 14.8. The van der Waals surface area contributed by atoms with Gasteiger partial charge in [0.25, 0.3) is 0 Å². The molecule has 110 valence electrons. The summed E-state index contributed by atoms with van der Waals surface area (Å²) in [5.41, 5.74) is 8.85. The van der Waals surface area contributed by atoms with Crippen LogP contribution in [0.15, 0.2) is 29.4 Å². The Morgan fingerprint density at radius 3 is 2.45 bits per heavy atom. The van der Waals surface area contributed by atoms with Gasteiger partial charge in [0.1, 0.15) is 7.11 Å². The highest BCUT2D eigenvalue weighted by molar-refractivity contribution is 5.98. The zero-order chi connectivity index (χ0) is 15.1. The maximum Gasteiger partial charge on any atom is 0.152 e. The Morgan fingerprint density at radius 2 is 1.95 bits per heavy atom. The largest absolute Gasteiger partial charge is 0.399 e. The van der Waals surface area contributed by atoms with E-state index in [1.54, 1.807) is 0 Å². The van der Waals surface area contributed by atoms with Crippen molar-refractivity contribution in [3.8, 4) is 0 Å². The minimum Gasteiger partial charge on any atom is -0.399 e. The molecule has 1 aromatic rings. The fourth-order valence-electron chi connectivity index (χ4n) is 1.99. The van der Waals surface area contributed by atoms with Crippen molar-refractivity contribution in [1.29, 1.82) is 0 Å². The number of oxime groups is 1. The molecule has 0 saturated heterocycles. The third kappa shape index (κ3) is 4.46. The van der Waals surface area contributed by atoms with Gasteiger partial charge in [-0.2, -0.15) is 0 Å². The summed E-state index contributed by atoms with van der Waals surface area (Å²) in [6, 6.07) is 7.47. The molecule has 0 amide bonds. The van der Waals surface area contributed by atoms with Crippen molar-refractivity contribution < 1.29 is 9.63 Å². The van der Waals surface area contributed by atoms with Crippen molar-refractivity contribution in [2.24, 2.45) is 16.8 Å². The number of benzene rings is 1. The highest BCUT2D eigenvalue weighted by Crippen LogP contribution is 2.11. The summed E-state index contributed by atoms with van der Waals surface area (Å²) < 4.78 is 0. The van der Waals surface area contributed by atoms with Gasteiger partial charge in [-0.25, -0.2) is 0 Å². The van der Waals surface area contributed by atoms with Crippen molar-refractivity contribution in [3.05, 3.63) is 35.4 Å². The van der Waals surface area contributed by atoms with E-state index in [1.165, 1.54) is 7.11 Å². The van der Waals surface area contributed by atoms with E-state index in [0.29, 0.717) is 6.42 Å². The van der Waals surface area contributed by atoms with Crippen molar-refractivity contribution in [2.75, 3.05) is 7.11 Å². The molecular formula is C16H24N2O2. The average Bonchev–Trinajstić information content (AvgIpc) is 2.46. The molecule has 0 aliphatic rings. The van der Waals surface area contributed by atoms with E-state index in [0.717, 1.165) is 23.3 Å². The van der Waals surface area contributed by atoms with Gasteiger partial charge in [0, 0.05) is 5.92 Å². The third-order valence-electron chi connectivity index (χ3n) is 3.52. The summed E-state index contributed by atoms with van der Waals surface area (Å²) >= 11 is 0. The summed E-state index contributed by atoms with van der Waals surface area (Å²) in [5, 5.41) is 3.89. The van der Waals surface area contributed by atoms with Crippen molar-refractivity contribution >= 4 is 11.5 Å². The molecule has 0 fully saturated rings. The van der Waals surface area contributed by atoms with Gasteiger partial charge in [-0.05, 0) is 30.9 Å². The lowest BCUT2D eigenvalue weighted by Gasteiger charge is -2.15. The van der Waals surface area contributed by atoms with Gasteiger partial charge in [0.2, 0.25) is 0 Å². The predicted octanol–water partition coefficient (Wildman–Crippen LogP) is 2.54. The van der Waals surface area contributed by atoms with Crippen LogP contribution < -0.4 is 5.73 Å². The van der Waals surface area contributed by atoms with Crippen LogP contribution in [0.3, 0.4) is 0 Å². The van der Waals surface area contributed by atoms with Crippen LogP contribution in [0, 0.1) is 5.92 Å². The minimum absolute atomic E-state index is 0.0281. The SMILES string of the molecule is CCC(C)C(=O)C(N)Cc1ccc(/C(C)=N\OC)cc1.